The summed E-state index contributed by atoms with van der Waals surface area (Å²) < 4.78 is 0. The molecule has 1 aromatic heterocycles. The second-order valence-electron chi connectivity index (χ2n) is 5.92. The molecule has 5 nitrogen and oxygen atoms in total. The van der Waals surface area contributed by atoms with Crippen LogP contribution in [0.25, 0.3) is 0 Å². The van der Waals surface area contributed by atoms with Crippen molar-refractivity contribution in [3.63, 3.8) is 0 Å². The van der Waals surface area contributed by atoms with Crippen LogP contribution < -0.4 is 10.6 Å². The molecule has 2 aromatic carbocycles. The van der Waals surface area contributed by atoms with Gasteiger partial charge in [0.2, 0.25) is 0 Å². The van der Waals surface area contributed by atoms with Gasteiger partial charge in [0.15, 0.2) is 5.78 Å². The van der Waals surface area contributed by atoms with Crippen molar-refractivity contribution in [1.82, 2.24) is 9.97 Å². The highest BCUT2D eigenvalue weighted by Crippen LogP contribution is 2.23. The minimum absolute atomic E-state index is 0.0496. The number of anilines is 4. The Morgan fingerprint density at radius 2 is 1.60 bits per heavy atom. The number of Topliss-reactive ketones (excluding diaryl/α,β-unsaturated/α-hetero) is 1. The average molecular weight is 332 g/mol. The number of rotatable bonds is 5. The summed E-state index contributed by atoms with van der Waals surface area (Å²) in [5.74, 6) is 1.44. The predicted octanol–water partition coefficient (Wildman–Crippen LogP) is 4.78. The van der Waals surface area contributed by atoms with E-state index in [1.165, 1.54) is 17.5 Å². The Kier molecular flexibility index (Phi) is 4.75. The molecule has 0 radical (unpaired) electrons. The molecule has 0 saturated carbocycles. The van der Waals surface area contributed by atoms with Crippen LogP contribution in [0.5, 0.6) is 0 Å². The number of aromatic nitrogens is 2. The molecular weight excluding hydrogens is 312 g/mol. The normalized spacial score (nSPS) is 10.4. The van der Waals surface area contributed by atoms with Crippen molar-refractivity contribution >= 4 is 28.8 Å². The Morgan fingerprint density at radius 3 is 2.28 bits per heavy atom. The molecule has 25 heavy (non-hydrogen) atoms. The monoisotopic (exact) mass is 332 g/mol. The Morgan fingerprint density at radius 1 is 0.920 bits per heavy atom. The van der Waals surface area contributed by atoms with Gasteiger partial charge in [0, 0.05) is 23.0 Å². The molecule has 126 valence electrons. The quantitative estimate of drug-likeness (QED) is 0.658. The lowest BCUT2D eigenvalue weighted by Gasteiger charge is -2.12. The largest absolute Gasteiger partial charge is 0.340 e. The van der Waals surface area contributed by atoms with Gasteiger partial charge in [-0.25, -0.2) is 9.97 Å². The zero-order valence-corrected chi connectivity index (χ0v) is 14.5. The van der Waals surface area contributed by atoms with Gasteiger partial charge >= 0.3 is 0 Å². The maximum atomic E-state index is 11.3. The van der Waals surface area contributed by atoms with Crippen molar-refractivity contribution in [1.29, 1.82) is 0 Å². The number of hydrogen-bond donors (Lipinski definition) is 2. The third-order valence-corrected chi connectivity index (χ3v) is 4.10. The van der Waals surface area contributed by atoms with E-state index in [0.717, 1.165) is 11.4 Å². The molecule has 1 heterocycles. The average Bonchev–Trinajstić information content (AvgIpc) is 2.60. The topological polar surface area (TPSA) is 66.9 Å². The van der Waals surface area contributed by atoms with Crippen molar-refractivity contribution < 1.29 is 4.79 Å². The fourth-order valence-electron chi connectivity index (χ4n) is 2.45. The molecule has 2 N–H and O–H groups in total. The molecule has 0 aliphatic heterocycles. The Balaban J connectivity index is 1.77. The first-order valence-corrected chi connectivity index (χ1v) is 8.06. The van der Waals surface area contributed by atoms with E-state index in [-0.39, 0.29) is 5.78 Å². The van der Waals surface area contributed by atoms with Crippen molar-refractivity contribution in [2.45, 2.75) is 20.8 Å². The molecule has 0 aliphatic carbocycles. The Labute approximate surface area is 147 Å². The van der Waals surface area contributed by atoms with E-state index < -0.39 is 0 Å². The highest BCUT2D eigenvalue weighted by Gasteiger charge is 2.05. The number of nitrogens with one attached hydrogen (secondary N) is 2. The van der Waals surface area contributed by atoms with Crippen LogP contribution in [0.4, 0.5) is 23.0 Å². The molecule has 3 aromatic rings. The molecule has 3 rings (SSSR count). The number of aryl methyl sites for hydroxylation is 1. The zero-order valence-electron chi connectivity index (χ0n) is 14.5. The van der Waals surface area contributed by atoms with E-state index >= 15 is 0 Å². The van der Waals surface area contributed by atoms with Crippen LogP contribution in [0.1, 0.15) is 28.4 Å². The van der Waals surface area contributed by atoms with Gasteiger partial charge in [-0.1, -0.05) is 12.1 Å². The highest BCUT2D eigenvalue weighted by molar-refractivity contribution is 5.94. The van der Waals surface area contributed by atoms with E-state index in [0.29, 0.717) is 17.2 Å². The van der Waals surface area contributed by atoms with Gasteiger partial charge in [-0.2, -0.15) is 0 Å². The third kappa shape index (κ3) is 4.01. The summed E-state index contributed by atoms with van der Waals surface area (Å²) in [7, 11) is 0. The van der Waals surface area contributed by atoms with Crippen molar-refractivity contribution in [3.8, 4) is 0 Å². The molecular formula is C20H20N4O. The maximum Gasteiger partial charge on any atom is 0.159 e. The van der Waals surface area contributed by atoms with Crippen LogP contribution in [0.15, 0.2) is 54.9 Å². The number of benzene rings is 2. The van der Waals surface area contributed by atoms with Crippen molar-refractivity contribution in [2.75, 3.05) is 10.6 Å². The van der Waals surface area contributed by atoms with Gasteiger partial charge in [0.25, 0.3) is 0 Å². The van der Waals surface area contributed by atoms with Crippen LogP contribution in [0.3, 0.4) is 0 Å². The first kappa shape index (κ1) is 16.6. The van der Waals surface area contributed by atoms with E-state index in [2.05, 4.69) is 40.5 Å². The zero-order chi connectivity index (χ0) is 17.8. The smallest absolute Gasteiger partial charge is 0.159 e. The molecule has 0 atom stereocenters. The lowest BCUT2D eigenvalue weighted by atomic mass is 10.1. The first-order valence-electron chi connectivity index (χ1n) is 8.06. The van der Waals surface area contributed by atoms with Crippen molar-refractivity contribution in [2.24, 2.45) is 0 Å². The SMILES string of the molecule is CC(=O)c1ccc(Nc2cc(Nc3cccc(C)c3C)ncn2)cc1. The van der Waals surface area contributed by atoms with Crippen LogP contribution in [-0.4, -0.2) is 15.8 Å². The summed E-state index contributed by atoms with van der Waals surface area (Å²) in [4.78, 5) is 19.9. The fraction of sp³-hybridized carbons (Fsp3) is 0.150. The number of hydrogen-bond acceptors (Lipinski definition) is 5. The lowest BCUT2D eigenvalue weighted by molar-refractivity contribution is 0.101. The van der Waals surface area contributed by atoms with E-state index in [1.54, 1.807) is 19.1 Å². The molecule has 0 fully saturated rings. The van der Waals surface area contributed by atoms with E-state index in [1.807, 2.05) is 30.3 Å². The van der Waals surface area contributed by atoms with Gasteiger partial charge in [0.1, 0.15) is 18.0 Å². The molecule has 0 unspecified atom stereocenters. The minimum Gasteiger partial charge on any atom is -0.340 e. The lowest BCUT2D eigenvalue weighted by Crippen LogP contribution is -2.00. The van der Waals surface area contributed by atoms with E-state index in [4.69, 9.17) is 0 Å². The van der Waals surface area contributed by atoms with Gasteiger partial charge in [-0.3, -0.25) is 4.79 Å². The number of ketones is 1. The molecule has 0 amide bonds. The summed E-state index contributed by atoms with van der Waals surface area (Å²) in [5, 5.41) is 6.55. The standard InChI is InChI=1S/C20H20N4O/c1-13-5-4-6-18(14(13)2)24-20-11-19(21-12-22-20)23-17-9-7-16(8-10-17)15(3)25/h4-12H,1-3H3,(H2,21,22,23,24). The van der Waals surface area contributed by atoms with Crippen molar-refractivity contribution in [3.05, 3.63) is 71.5 Å². The molecule has 0 spiro atoms. The third-order valence-electron chi connectivity index (χ3n) is 4.10. The second-order valence-corrected chi connectivity index (χ2v) is 5.92. The summed E-state index contributed by atoms with van der Waals surface area (Å²) >= 11 is 0. The predicted molar refractivity (Wildman–Crippen MR) is 101 cm³/mol. The van der Waals surface area contributed by atoms with Crippen LogP contribution in [-0.2, 0) is 0 Å². The van der Waals surface area contributed by atoms with E-state index in [9.17, 15) is 4.79 Å². The molecule has 0 aliphatic rings. The van der Waals surface area contributed by atoms with Gasteiger partial charge in [-0.15, -0.1) is 0 Å². The second kappa shape index (κ2) is 7.13. The van der Waals surface area contributed by atoms with Gasteiger partial charge in [0.05, 0.1) is 0 Å². The summed E-state index contributed by atoms with van der Waals surface area (Å²) in [5.41, 5.74) is 4.99. The van der Waals surface area contributed by atoms with Crippen LogP contribution in [0, 0.1) is 13.8 Å². The van der Waals surface area contributed by atoms with Crippen LogP contribution in [0.2, 0.25) is 0 Å². The first-order chi connectivity index (χ1) is 12.0. The summed E-state index contributed by atoms with van der Waals surface area (Å²) in [6, 6.07) is 15.3. The Hall–Kier alpha value is -3.21. The minimum atomic E-state index is 0.0496. The summed E-state index contributed by atoms with van der Waals surface area (Å²) in [6.45, 7) is 5.71. The summed E-state index contributed by atoms with van der Waals surface area (Å²) in [6.07, 6.45) is 1.51. The fourth-order valence-corrected chi connectivity index (χ4v) is 2.45. The number of carbonyl (C=O) groups is 1. The highest BCUT2D eigenvalue weighted by atomic mass is 16.1. The molecule has 0 bridgehead atoms. The number of nitrogens with zero attached hydrogens (tertiary/aromatic N) is 2. The number of carbonyl (C=O) groups excluding carboxylic acids is 1. The maximum absolute atomic E-state index is 11.3. The van der Waals surface area contributed by atoms with Gasteiger partial charge in [-0.05, 0) is 62.2 Å². The molecule has 5 heteroatoms. The molecule has 0 saturated heterocycles. The Bertz CT molecular complexity index is 904. The van der Waals surface area contributed by atoms with Crippen LogP contribution >= 0.6 is 0 Å². The van der Waals surface area contributed by atoms with Gasteiger partial charge < -0.3 is 10.6 Å².